The Labute approximate surface area is 425 Å². The second-order valence-corrected chi connectivity index (χ2v) is 19.4. The summed E-state index contributed by atoms with van der Waals surface area (Å²) >= 11 is 0. The van der Waals surface area contributed by atoms with E-state index in [-0.39, 0.29) is 5.92 Å². The van der Waals surface area contributed by atoms with Gasteiger partial charge in [0.05, 0.1) is 0 Å². The summed E-state index contributed by atoms with van der Waals surface area (Å²) in [6.45, 7) is 9.90. The van der Waals surface area contributed by atoms with Gasteiger partial charge in [0.1, 0.15) is 22.3 Å². The molecule has 3 heterocycles. The average Bonchev–Trinajstić information content (AvgIpc) is 4.01. The number of hydrogen-bond donors (Lipinski definition) is 0. The van der Waals surface area contributed by atoms with Gasteiger partial charge in [-0.25, -0.2) is 0 Å². The van der Waals surface area contributed by atoms with E-state index in [0.29, 0.717) is 0 Å². The van der Waals surface area contributed by atoms with Crippen LogP contribution in [0.1, 0.15) is 40.7 Å². The van der Waals surface area contributed by atoms with Gasteiger partial charge in [0.25, 0.3) is 0 Å². The highest BCUT2D eigenvalue weighted by Crippen LogP contribution is 2.44. The third-order valence-corrected chi connectivity index (χ3v) is 14.8. The van der Waals surface area contributed by atoms with E-state index < -0.39 is 0 Å². The van der Waals surface area contributed by atoms with E-state index >= 15 is 0 Å². The minimum Gasteiger partial charge on any atom is -0.456 e. The third kappa shape index (κ3) is 8.06. The molecule has 1 unspecified atom stereocenters. The number of nitrogens with zero attached hydrogens (tertiary/aromatic N) is 1. The summed E-state index contributed by atoms with van der Waals surface area (Å²) in [6.07, 6.45) is 6.97. The smallest absolute Gasteiger partial charge is 0.139 e. The topological polar surface area (TPSA) is 29.5 Å². The van der Waals surface area contributed by atoms with Crippen LogP contribution in [0.15, 0.2) is 258 Å². The first-order valence-electron chi connectivity index (χ1n) is 25.2. The van der Waals surface area contributed by atoms with Gasteiger partial charge in [0, 0.05) is 51.4 Å². The van der Waals surface area contributed by atoms with E-state index in [1.165, 1.54) is 50.3 Å². The summed E-state index contributed by atoms with van der Waals surface area (Å²) in [5, 5.41) is 4.26. The van der Waals surface area contributed by atoms with E-state index in [0.717, 1.165) is 94.9 Å². The Balaban J connectivity index is 0.896. The summed E-state index contributed by atoms with van der Waals surface area (Å²) in [6, 6.07) is 80.6. The number of benzene rings is 10. The molecule has 73 heavy (non-hydrogen) atoms. The van der Waals surface area contributed by atoms with Crippen molar-refractivity contribution in [3.8, 4) is 44.5 Å². The molecule has 1 aliphatic rings. The fraction of sp³-hybridized carbons (Fsp3) is 0.0571. The molecule has 1 aliphatic heterocycles. The molecule has 2 aromatic heterocycles. The maximum absolute atomic E-state index is 6.58. The van der Waals surface area contributed by atoms with Gasteiger partial charge in [-0.15, -0.1) is 0 Å². The SMILES string of the molecule is C=C(c1ccccc1)c1ccc(-c2ccccc2)cc1-c1cc(-c2ccc3oc4cc5oc6ccc(-c7ccc8c(c7)C(C)/C=C(c7ccccc7)\C=C/CN8c7ccccc7)cc6c5cc4c3c2)ccc1C. The molecule has 1 atom stereocenters. The molecule has 348 valence electrons. The molecule has 0 radical (unpaired) electrons. The highest BCUT2D eigenvalue weighted by atomic mass is 16.3. The Bertz CT molecular complexity index is 4140. The van der Waals surface area contributed by atoms with Crippen molar-refractivity contribution in [3.63, 3.8) is 0 Å². The Morgan fingerprint density at radius 3 is 1.66 bits per heavy atom. The largest absolute Gasteiger partial charge is 0.456 e. The van der Waals surface area contributed by atoms with Crippen molar-refractivity contribution in [1.29, 1.82) is 0 Å². The normalized spacial score (nSPS) is 14.9. The Kier molecular flexibility index (Phi) is 10.9. The molecule has 0 spiro atoms. The van der Waals surface area contributed by atoms with Crippen molar-refractivity contribution in [1.82, 2.24) is 0 Å². The predicted octanol–water partition coefficient (Wildman–Crippen LogP) is 19.4. The first-order valence-corrected chi connectivity index (χ1v) is 25.2. The number of fused-ring (bicyclic) bond motifs is 7. The minimum atomic E-state index is 0.139. The second-order valence-electron chi connectivity index (χ2n) is 19.4. The van der Waals surface area contributed by atoms with Gasteiger partial charge in [-0.05, 0) is 157 Å². The molecule has 0 N–H and O–H groups in total. The summed E-state index contributed by atoms with van der Waals surface area (Å²) < 4.78 is 13.2. The van der Waals surface area contributed by atoms with E-state index in [1.807, 2.05) is 0 Å². The van der Waals surface area contributed by atoms with Crippen LogP contribution in [-0.4, -0.2) is 6.54 Å². The first kappa shape index (κ1) is 43.8. The highest BCUT2D eigenvalue weighted by Gasteiger charge is 2.21. The second kappa shape index (κ2) is 18.2. The molecule has 3 nitrogen and oxygen atoms in total. The van der Waals surface area contributed by atoms with Crippen molar-refractivity contribution in [3.05, 3.63) is 277 Å². The van der Waals surface area contributed by atoms with E-state index in [2.05, 4.69) is 268 Å². The van der Waals surface area contributed by atoms with E-state index in [4.69, 9.17) is 8.83 Å². The number of allylic oxidation sites excluding steroid dienone is 3. The number of anilines is 2. The molecule has 0 saturated heterocycles. The molecule has 0 amide bonds. The van der Waals surface area contributed by atoms with Gasteiger partial charge in [0.2, 0.25) is 0 Å². The van der Waals surface area contributed by atoms with E-state index in [9.17, 15) is 0 Å². The van der Waals surface area contributed by atoms with Crippen LogP contribution in [0, 0.1) is 6.92 Å². The fourth-order valence-corrected chi connectivity index (χ4v) is 11.0. The zero-order valence-electron chi connectivity index (χ0n) is 40.8. The van der Waals surface area contributed by atoms with Crippen LogP contribution in [0.5, 0.6) is 0 Å². The Morgan fingerprint density at radius 2 is 0.986 bits per heavy atom. The molecule has 0 bridgehead atoms. The van der Waals surface area contributed by atoms with Gasteiger partial charge in [-0.3, -0.25) is 0 Å². The predicted molar refractivity (Wildman–Crippen MR) is 307 cm³/mol. The highest BCUT2D eigenvalue weighted by molar-refractivity contribution is 6.16. The van der Waals surface area contributed by atoms with Gasteiger partial charge >= 0.3 is 0 Å². The molecule has 0 aliphatic carbocycles. The summed E-state index contributed by atoms with van der Waals surface area (Å²) in [4.78, 5) is 2.43. The molecular formula is C70H51NO2. The zero-order valence-corrected chi connectivity index (χ0v) is 40.8. The average molecular weight is 938 g/mol. The maximum Gasteiger partial charge on any atom is 0.139 e. The monoisotopic (exact) mass is 937 g/mol. The number of hydrogen-bond acceptors (Lipinski definition) is 3. The molecular weight excluding hydrogens is 887 g/mol. The van der Waals surface area contributed by atoms with Crippen LogP contribution < -0.4 is 4.90 Å². The molecule has 3 heteroatoms. The number of rotatable bonds is 8. The quantitative estimate of drug-likeness (QED) is 0.152. The zero-order chi connectivity index (χ0) is 49.0. The summed E-state index contributed by atoms with van der Waals surface area (Å²) in [5.41, 5.74) is 23.1. The van der Waals surface area contributed by atoms with E-state index in [1.54, 1.807) is 0 Å². The fourth-order valence-electron chi connectivity index (χ4n) is 11.0. The summed E-state index contributed by atoms with van der Waals surface area (Å²) in [7, 11) is 0. The molecule has 12 aromatic rings. The maximum atomic E-state index is 6.58. The molecule has 0 fully saturated rings. The summed E-state index contributed by atoms with van der Waals surface area (Å²) in [5.74, 6) is 0.139. The third-order valence-electron chi connectivity index (χ3n) is 14.8. The standard InChI is InChI=1S/C70H51NO2/c1-45-26-27-53(38-59(45)61-40-52(50-21-12-6-13-22-50)28-32-58(61)47(3)48-17-8-4-9-18-48)55-30-34-67-62(41-55)64-43-65-63-42-56(31-35-68(63)73-70(65)44-69(64)72-67)54-29-33-66-60(39-54)46(2)37-51(49-19-10-5-11-20-49)23-16-36-71(66)57-24-14-7-15-25-57/h4-35,37-44,46H,3,36H2,1-2H3/b23-16-,51-37+. The van der Waals surface area contributed by atoms with Crippen LogP contribution in [-0.2, 0) is 0 Å². The van der Waals surface area contributed by atoms with Gasteiger partial charge < -0.3 is 13.7 Å². The lowest BCUT2D eigenvalue weighted by Gasteiger charge is -2.28. The van der Waals surface area contributed by atoms with Crippen molar-refractivity contribution in [2.75, 3.05) is 11.4 Å². The van der Waals surface area contributed by atoms with Gasteiger partial charge in [0.15, 0.2) is 0 Å². The number of para-hydroxylation sites is 1. The first-order chi connectivity index (χ1) is 35.9. The Morgan fingerprint density at radius 1 is 0.466 bits per heavy atom. The lowest BCUT2D eigenvalue weighted by atomic mass is 9.86. The van der Waals surface area contributed by atoms with Crippen LogP contribution in [0.2, 0.25) is 0 Å². The van der Waals surface area contributed by atoms with Gasteiger partial charge in [-0.1, -0.05) is 183 Å². The number of furan rings is 2. The van der Waals surface area contributed by atoms with Crippen LogP contribution in [0.25, 0.3) is 99.5 Å². The van der Waals surface area contributed by atoms with Crippen molar-refractivity contribution < 1.29 is 8.83 Å². The van der Waals surface area contributed by atoms with Crippen LogP contribution in [0.3, 0.4) is 0 Å². The molecule has 10 aromatic carbocycles. The van der Waals surface area contributed by atoms with Crippen molar-refractivity contribution in [2.45, 2.75) is 19.8 Å². The molecule has 0 saturated carbocycles. The minimum absolute atomic E-state index is 0.139. The van der Waals surface area contributed by atoms with Crippen molar-refractivity contribution >= 4 is 66.4 Å². The van der Waals surface area contributed by atoms with Crippen LogP contribution >= 0.6 is 0 Å². The van der Waals surface area contributed by atoms with Crippen molar-refractivity contribution in [2.24, 2.45) is 0 Å². The van der Waals surface area contributed by atoms with Crippen LogP contribution in [0.4, 0.5) is 11.4 Å². The lowest BCUT2D eigenvalue weighted by Crippen LogP contribution is -2.18. The molecule has 13 rings (SSSR count). The number of aryl methyl sites for hydroxylation is 1. The van der Waals surface area contributed by atoms with Gasteiger partial charge in [-0.2, -0.15) is 0 Å². The Hall–Kier alpha value is -9.18. The lowest BCUT2D eigenvalue weighted by molar-refractivity contribution is 0.656.